The molecule has 0 bridgehead atoms. The van der Waals surface area contributed by atoms with E-state index in [1.54, 1.807) is 25.2 Å². The summed E-state index contributed by atoms with van der Waals surface area (Å²) in [6.07, 6.45) is 1.53. The van der Waals surface area contributed by atoms with E-state index in [-0.39, 0.29) is 11.7 Å². The number of hydrogen-bond donors (Lipinski definition) is 1. The molecule has 1 aromatic carbocycles. The van der Waals surface area contributed by atoms with Gasteiger partial charge in [0, 0.05) is 13.2 Å². The molecule has 0 atom stereocenters. The van der Waals surface area contributed by atoms with Crippen LogP contribution in [0.5, 0.6) is 0 Å². The number of nitriles is 1. The predicted molar refractivity (Wildman–Crippen MR) is 72.1 cm³/mol. The van der Waals surface area contributed by atoms with Crippen LogP contribution < -0.4 is 5.32 Å². The van der Waals surface area contributed by atoms with Gasteiger partial charge in [-0.1, -0.05) is 17.7 Å². The number of aromatic nitrogens is 2. The summed E-state index contributed by atoms with van der Waals surface area (Å²) in [4.78, 5) is 12.1. The average molecular weight is 275 g/mol. The zero-order valence-electron chi connectivity index (χ0n) is 10.4. The van der Waals surface area contributed by atoms with Gasteiger partial charge in [0.2, 0.25) is 0 Å². The van der Waals surface area contributed by atoms with Gasteiger partial charge < -0.3 is 5.32 Å². The highest BCUT2D eigenvalue weighted by Crippen LogP contribution is 2.19. The van der Waals surface area contributed by atoms with Gasteiger partial charge in [-0.2, -0.15) is 10.4 Å². The van der Waals surface area contributed by atoms with Crippen LogP contribution in [-0.2, 0) is 7.05 Å². The first kappa shape index (κ1) is 13.1. The monoisotopic (exact) mass is 274 g/mol. The molecule has 2 aromatic rings. The van der Waals surface area contributed by atoms with Crippen molar-refractivity contribution in [2.45, 2.75) is 6.92 Å². The van der Waals surface area contributed by atoms with Gasteiger partial charge in [-0.15, -0.1) is 0 Å². The van der Waals surface area contributed by atoms with Crippen molar-refractivity contribution in [3.63, 3.8) is 0 Å². The molecule has 19 heavy (non-hydrogen) atoms. The van der Waals surface area contributed by atoms with Gasteiger partial charge in [0.1, 0.15) is 11.6 Å². The molecule has 1 amide bonds. The van der Waals surface area contributed by atoms with Crippen LogP contribution in [0.25, 0.3) is 0 Å². The van der Waals surface area contributed by atoms with Gasteiger partial charge in [0.15, 0.2) is 5.82 Å². The molecule has 0 aliphatic carbocycles. The second-order valence-corrected chi connectivity index (χ2v) is 4.52. The molecular weight excluding hydrogens is 264 g/mol. The van der Waals surface area contributed by atoms with E-state index < -0.39 is 0 Å². The summed E-state index contributed by atoms with van der Waals surface area (Å²) in [5.41, 5.74) is 1.62. The van der Waals surface area contributed by atoms with Gasteiger partial charge in [0.05, 0.1) is 10.6 Å². The third-order valence-corrected chi connectivity index (χ3v) is 2.86. The van der Waals surface area contributed by atoms with E-state index in [0.29, 0.717) is 16.1 Å². The molecule has 0 aliphatic heterocycles. The Balaban J connectivity index is 2.28. The lowest BCUT2D eigenvalue weighted by Crippen LogP contribution is -2.14. The Hall–Kier alpha value is -2.32. The maximum absolute atomic E-state index is 12.1. The number of amides is 1. The average Bonchev–Trinajstić information content (AvgIpc) is 2.69. The number of benzene rings is 1. The fraction of sp³-hybridized carbons (Fsp3) is 0.154. The lowest BCUT2D eigenvalue weighted by atomic mass is 10.1. The molecule has 0 unspecified atom stereocenters. The largest absolute Gasteiger partial charge is 0.304 e. The smallest absolute Gasteiger partial charge is 0.258 e. The molecular formula is C13H11ClN4O. The Morgan fingerprint density at radius 1 is 1.53 bits per heavy atom. The molecule has 1 aromatic heterocycles. The zero-order chi connectivity index (χ0) is 14.0. The van der Waals surface area contributed by atoms with Crippen molar-refractivity contribution >= 4 is 23.3 Å². The highest BCUT2D eigenvalue weighted by atomic mass is 35.5. The minimum atomic E-state index is -0.389. The fourth-order valence-corrected chi connectivity index (χ4v) is 1.96. The van der Waals surface area contributed by atoms with Crippen LogP contribution in [0.1, 0.15) is 21.5 Å². The number of anilines is 1. The molecule has 0 radical (unpaired) electrons. The molecule has 2 rings (SSSR count). The number of rotatable bonds is 2. The van der Waals surface area contributed by atoms with Gasteiger partial charge in [0.25, 0.3) is 5.91 Å². The number of nitrogens with one attached hydrogen (secondary N) is 1. The van der Waals surface area contributed by atoms with Gasteiger partial charge in [-0.3, -0.25) is 9.48 Å². The summed E-state index contributed by atoms with van der Waals surface area (Å²) in [5.74, 6) is -0.160. The summed E-state index contributed by atoms with van der Waals surface area (Å²) >= 11 is 6.02. The molecule has 5 nitrogen and oxygen atoms in total. The van der Waals surface area contributed by atoms with Crippen molar-refractivity contribution in [3.05, 3.63) is 46.1 Å². The fourth-order valence-electron chi connectivity index (χ4n) is 1.64. The zero-order valence-corrected chi connectivity index (χ0v) is 11.2. The number of carbonyl (C=O) groups excluding carboxylic acids is 1. The second kappa shape index (κ2) is 5.12. The predicted octanol–water partition coefficient (Wildman–Crippen LogP) is 2.51. The molecule has 0 saturated heterocycles. The minimum Gasteiger partial charge on any atom is -0.304 e. The summed E-state index contributed by atoms with van der Waals surface area (Å²) in [7, 11) is 1.68. The van der Waals surface area contributed by atoms with Crippen molar-refractivity contribution in [1.29, 1.82) is 5.26 Å². The van der Waals surface area contributed by atoms with Crippen LogP contribution in [0.2, 0.25) is 5.02 Å². The van der Waals surface area contributed by atoms with Crippen LogP contribution in [0, 0.1) is 18.3 Å². The van der Waals surface area contributed by atoms with E-state index in [1.165, 1.54) is 10.9 Å². The molecule has 6 heteroatoms. The van der Waals surface area contributed by atoms with Gasteiger partial charge >= 0.3 is 0 Å². The molecule has 96 valence electrons. The first-order valence-corrected chi connectivity index (χ1v) is 5.90. The third-order valence-electron chi connectivity index (χ3n) is 2.55. The molecule has 0 fully saturated rings. The Morgan fingerprint density at radius 2 is 2.26 bits per heavy atom. The van der Waals surface area contributed by atoms with E-state index in [9.17, 15) is 4.79 Å². The standard InChI is InChI=1S/C13H11ClN4O/c1-8-3-4-10(11(14)5-8)13(19)16-12-9(6-15)7-18(2)17-12/h3-5,7H,1-2H3,(H,16,17,19). The van der Waals surface area contributed by atoms with E-state index in [4.69, 9.17) is 16.9 Å². The van der Waals surface area contributed by atoms with Crippen LogP contribution in [0.15, 0.2) is 24.4 Å². The highest BCUT2D eigenvalue weighted by Gasteiger charge is 2.14. The molecule has 0 aliphatic rings. The first-order valence-electron chi connectivity index (χ1n) is 5.52. The second-order valence-electron chi connectivity index (χ2n) is 4.11. The van der Waals surface area contributed by atoms with E-state index in [0.717, 1.165) is 5.56 Å². The number of halogens is 1. The van der Waals surface area contributed by atoms with E-state index in [2.05, 4.69) is 10.4 Å². The van der Waals surface area contributed by atoms with Crippen molar-refractivity contribution < 1.29 is 4.79 Å². The molecule has 0 spiro atoms. The Kier molecular flexibility index (Phi) is 3.54. The van der Waals surface area contributed by atoms with Crippen LogP contribution in [-0.4, -0.2) is 15.7 Å². The molecule has 1 heterocycles. The SMILES string of the molecule is Cc1ccc(C(=O)Nc2nn(C)cc2C#N)c(Cl)c1. The number of carbonyl (C=O) groups is 1. The maximum atomic E-state index is 12.1. The first-order chi connectivity index (χ1) is 9.01. The Labute approximate surface area is 115 Å². The van der Waals surface area contributed by atoms with Crippen LogP contribution in [0.4, 0.5) is 5.82 Å². The van der Waals surface area contributed by atoms with Crippen LogP contribution >= 0.6 is 11.6 Å². The maximum Gasteiger partial charge on any atom is 0.258 e. The number of nitrogens with zero attached hydrogens (tertiary/aromatic N) is 3. The van der Waals surface area contributed by atoms with Crippen molar-refractivity contribution in [3.8, 4) is 6.07 Å². The topological polar surface area (TPSA) is 70.7 Å². The van der Waals surface area contributed by atoms with Crippen molar-refractivity contribution in [2.24, 2.45) is 7.05 Å². The van der Waals surface area contributed by atoms with Crippen LogP contribution in [0.3, 0.4) is 0 Å². The van der Waals surface area contributed by atoms with Crippen molar-refractivity contribution in [1.82, 2.24) is 9.78 Å². The van der Waals surface area contributed by atoms with Gasteiger partial charge in [-0.05, 0) is 24.6 Å². The number of hydrogen-bond acceptors (Lipinski definition) is 3. The Bertz CT molecular complexity index is 684. The lowest BCUT2D eigenvalue weighted by molar-refractivity contribution is 0.102. The van der Waals surface area contributed by atoms with Gasteiger partial charge in [-0.25, -0.2) is 0 Å². The summed E-state index contributed by atoms with van der Waals surface area (Å²) in [6.45, 7) is 1.89. The van der Waals surface area contributed by atoms with E-state index in [1.807, 2.05) is 13.0 Å². The van der Waals surface area contributed by atoms with E-state index >= 15 is 0 Å². The molecule has 0 saturated carbocycles. The minimum absolute atomic E-state index is 0.228. The van der Waals surface area contributed by atoms with Crippen molar-refractivity contribution in [2.75, 3.05) is 5.32 Å². The highest BCUT2D eigenvalue weighted by molar-refractivity contribution is 6.34. The Morgan fingerprint density at radius 3 is 2.89 bits per heavy atom. The third kappa shape index (κ3) is 2.75. The quantitative estimate of drug-likeness (QED) is 0.915. The summed E-state index contributed by atoms with van der Waals surface area (Å²) in [5, 5.41) is 15.9. The molecule has 1 N–H and O–H groups in total. The lowest BCUT2D eigenvalue weighted by Gasteiger charge is -2.05. The normalized spacial score (nSPS) is 10.0. The summed E-state index contributed by atoms with van der Waals surface area (Å²) < 4.78 is 1.46. The number of aryl methyl sites for hydroxylation is 2. The summed E-state index contributed by atoms with van der Waals surface area (Å²) in [6, 6.07) is 7.11.